The Kier molecular flexibility index (Phi) is 8.68. The standard InChI is InChI=1S/C60H36N4S/c1-3-16-45-39(13-1)34-54(49-20-7-5-18-47(45)49)42-31-43(55-35-40-14-2-4-17-46(40)48-19-6-8-21-50(48)55)33-44(32-42)59-62-58(38-28-26-37(27-29-38)41-15-12-30-61-36-41)63-60(64-59)53-24-11-23-52-51-22-9-10-25-56(51)65-57(52)53/h1-36H. The summed E-state index contributed by atoms with van der Waals surface area (Å²) in [4.78, 5) is 20.5. The molecule has 0 spiro atoms. The van der Waals surface area contributed by atoms with Crippen LogP contribution in [0.25, 0.3) is 131 Å². The molecule has 0 aliphatic carbocycles. The first-order chi connectivity index (χ1) is 32.2. The Morgan fingerprint density at radius 3 is 1.43 bits per heavy atom. The summed E-state index contributed by atoms with van der Waals surface area (Å²) in [5.74, 6) is 1.86. The lowest BCUT2D eigenvalue weighted by atomic mass is 9.88. The van der Waals surface area contributed by atoms with Crippen molar-refractivity contribution in [3.8, 4) is 67.5 Å². The van der Waals surface area contributed by atoms with E-state index in [1.54, 1.807) is 17.5 Å². The summed E-state index contributed by atoms with van der Waals surface area (Å²) in [6, 6.07) is 74.1. The van der Waals surface area contributed by atoms with Crippen LogP contribution in [0.3, 0.4) is 0 Å². The molecule has 10 aromatic carbocycles. The van der Waals surface area contributed by atoms with E-state index in [4.69, 9.17) is 15.0 Å². The molecule has 13 rings (SSSR count). The fourth-order valence-electron chi connectivity index (χ4n) is 9.68. The molecule has 0 aliphatic rings. The van der Waals surface area contributed by atoms with Gasteiger partial charge in [0.05, 0.1) is 0 Å². The van der Waals surface area contributed by atoms with Gasteiger partial charge in [0.2, 0.25) is 0 Å². The van der Waals surface area contributed by atoms with Crippen molar-refractivity contribution in [3.05, 3.63) is 219 Å². The average molecular weight is 845 g/mol. The molecular weight excluding hydrogens is 809 g/mol. The Bertz CT molecular complexity index is 3870. The molecule has 4 nitrogen and oxygen atoms in total. The number of pyridine rings is 1. The molecule has 0 saturated carbocycles. The van der Waals surface area contributed by atoms with E-state index in [1.165, 1.54) is 58.6 Å². The summed E-state index contributed by atoms with van der Waals surface area (Å²) in [7, 11) is 0. The van der Waals surface area contributed by atoms with Gasteiger partial charge in [-0.15, -0.1) is 11.3 Å². The second kappa shape index (κ2) is 15.2. The summed E-state index contributed by atoms with van der Waals surface area (Å²) in [6.07, 6.45) is 3.69. The van der Waals surface area contributed by atoms with Gasteiger partial charge in [-0.2, -0.15) is 0 Å². The zero-order chi connectivity index (χ0) is 42.8. The van der Waals surface area contributed by atoms with Crippen molar-refractivity contribution >= 4 is 74.6 Å². The summed E-state index contributed by atoms with van der Waals surface area (Å²) in [5, 5.41) is 12.1. The van der Waals surface area contributed by atoms with Gasteiger partial charge >= 0.3 is 0 Å². The van der Waals surface area contributed by atoms with Gasteiger partial charge in [0, 0.05) is 49.3 Å². The van der Waals surface area contributed by atoms with Crippen LogP contribution >= 0.6 is 11.3 Å². The Morgan fingerprint density at radius 2 is 0.800 bits per heavy atom. The van der Waals surface area contributed by atoms with Crippen LogP contribution in [-0.4, -0.2) is 19.9 Å². The van der Waals surface area contributed by atoms with Gasteiger partial charge in [-0.05, 0) is 125 Å². The minimum atomic E-state index is 0.609. The summed E-state index contributed by atoms with van der Waals surface area (Å²) >= 11 is 1.78. The first kappa shape index (κ1) is 37.2. The Balaban J connectivity index is 1.09. The quantitative estimate of drug-likeness (QED) is 0.156. The third-order valence-corrected chi connectivity index (χ3v) is 14.0. The third-order valence-electron chi connectivity index (χ3n) is 12.8. The van der Waals surface area contributed by atoms with E-state index < -0.39 is 0 Å². The van der Waals surface area contributed by atoms with E-state index in [0.717, 1.165) is 54.8 Å². The monoisotopic (exact) mass is 844 g/mol. The lowest BCUT2D eigenvalue weighted by Crippen LogP contribution is -2.01. The van der Waals surface area contributed by atoms with Crippen LogP contribution in [0.2, 0.25) is 0 Å². The average Bonchev–Trinajstić information content (AvgIpc) is 3.77. The molecule has 0 radical (unpaired) electrons. The normalized spacial score (nSPS) is 11.7. The summed E-state index contributed by atoms with van der Waals surface area (Å²) in [5.41, 5.74) is 9.42. The lowest BCUT2D eigenvalue weighted by Gasteiger charge is -2.16. The van der Waals surface area contributed by atoms with Crippen LogP contribution in [0.15, 0.2) is 219 Å². The predicted octanol–water partition coefficient (Wildman–Crippen LogP) is 16.2. The largest absolute Gasteiger partial charge is 0.264 e. The van der Waals surface area contributed by atoms with Gasteiger partial charge < -0.3 is 0 Å². The fourth-order valence-corrected chi connectivity index (χ4v) is 10.9. The highest BCUT2D eigenvalue weighted by Gasteiger charge is 2.20. The molecule has 3 aromatic heterocycles. The SMILES string of the molecule is c1cncc(-c2ccc(-c3nc(-c4cc(-c5cc6ccccc6c6ccccc56)cc(-c5cc6ccccc6c6ccccc56)c4)nc(-c4cccc5c4sc4ccccc45)n3)cc2)c1. The maximum Gasteiger partial charge on any atom is 0.165 e. The molecule has 5 heteroatoms. The summed E-state index contributed by atoms with van der Waals surface area (Å²) < 4.78 is 2.39. The van der Waals surface area contributed by atoms with Crippen molar-refractivity contribution in [3.63, 3.8) is 0 Å². The first-order valence-corrected chi connectivity index (χ1v) is 22.7. The molecule has 0 amide bonds. The third kappa shape index (κ3) is 6.36. The van der Waals surface area contributed by atoms with E-state index in [0.29, 0.717) is 17.5 Å². The van der Waals surface area contributed by atoms with Crippen molar-refractivity contribution < 1.29 is 0 Å². The van der Waals surface area contributed by atoms with Gasteiger partial charge in [0.25, 0.3) is 0 Å². The maximum absolute atomic E-state index is 5.46. The molecule has 0 bridgehead atoms. The van der Waals surface area contributed by atoms with Crippen molar-refractivity contribution in [1.82, 2.24) is 19.9 Å². The van der Waals surface area contributed by atoms with E-state index in [1.807, 2.05) is 12.3 Å². The molecule has 0 aliphatic heterocycles. The number of thiophene rings is 1. The second-order valence-corrected chi connectivity index (χ2v) is 17.6. The van der Waals surface area contributed by atoms with Crippen molar-refractivity contribution in [2.24, 2.45) is 0 Å². The van der Waals surface area contributed by atoms with Crippen LogP contribution < -0.4 is 0 Å². The predicted molar refractivity (Wildman–Crippen MR) is 273 cm³/mol. The molecule has 13 aromatic rings. The fraction of sp³-hybridized carbons (Fsp3) is 0. The highest BCUT2D eigenvalue weighted by atomic mass is 32.1. The number of hydrogen-bond donors (Lipinski definition) is 0. The van der Waals surface area contributed by atoms with E-state index in [9.17, 15) is 0 Å². The molecule has 65 heavy (non-hydrogen) atoms. The molecular formula is C60H36N4S. The first-order valence-electron chi connectivity index (χ1n) is 21.8. The van der Waals surface area contributed by atoms with Crippen LogP contribution in [0.4, 0.5) is 0 Å². The number of aromatic nitrogens is 4. The molecule has 302 valence electrons. The molecule has 0 unspecified atom stereocenters. The highest BCUT2D eigenvalue weighted by Crippen LogP contribution is 2.43. The van der Waals surface area contributed by atoms with Crippen LogP contribution in [0.1, 0.15) is 0 Å². The Morgan fingerprint density at radius 1 is 0.292 bits per heavy atom. The van der Waals surface area contributed by atoms with Crippen molar-refractivity contribution in [2.75, 3.05) is 0 Å². The maximum atomic E-state index is 5.46. The van der Waals surface area contributed by atoms with Crippen LogP contribution in [-0.2, 0) is 0 Å². The molecule has 0 N–H and O–H groups in total. The topological polar surface area (TPSA) is 51.6 Å². The van der Waals surface area contributed by atoms with Crippen LogP contribution in [0, 0.1) is 0 Å². The Labute approximate surface area is 378 Å². The second-order valence-electron chi connectivity index (χ2n) is 16.6. The minimum absolute atomic E-state index is 0.609. The smallest absolute Gasteiger partial charge is 0.165 e. The number of rotatable bonds is 6. The highest BCUT2D eigenvalue weighted by molar-refractivity contribution is 7.26. The van der Waals surface area contributed by atoms with E-state index >= 15 is 0 Å². The van der Waals surface area contributed by atoms with Gasteiger partial charge in [-0.3, -0.25) is 4.98 Å². The zero-order valence-corrected chi connectivity index (χ0v) is 35.8. The van der Waals surface area contributed by atoms with Crippen molar-refractivity contribution in [2.45, 2.75) is 0 Å². The lowest BCUT2D eigenvalue weighted by molar-refractivity contribution is 1.08. The number of nitrogens with zero attached hydrogens (tertiary/aromatic N) is 4. The number of benzene rings is 10. The molecule has 0 fully saturated rings. The van der Waals surface area contributed by atoms with Gasteiger partial charge in [-0.1, -0.05) is 158 Å². The van der Waals surface area contributed by atoms with Crippen molar-refractivity contribution in [1.29, 1.82) is 0 Å². The molecule has 0 saturated heterocycles. The number of fused-ring (bicyclic) bond motifs is 9. The molecule has 0 atom stereocenters. The zero-order valence-electron chi connectivity index (χ0n) is 35.0. The van der Waals surface area contributed by atoms with Crippen LogP contribution in [0.5, 0.6) is 0 Å². The summed E-state index contributed by atoms with van der Waals surface area (Å²) in [6.45, 7) is 0. The van der Waals surface area contributed by atoms with E-state index in [-0.39, 0.29) is 0 Å². The minimum Gasteiger partial charge on any atom is -0.264 e. The van der Waals surface area contributed by atoms with E-state index in [2.05, 4.69) is 205 Å². The number of hydrogen-bond acceptors (Lipinski definition) is 5. The van der Waals surface area contributed by atoms with Gasteiger partial charge in [0.1, 0.15) is 0 Å². The van der Waals surface area contributed by atoms with Gasteiger partial charge in [0.15, 0.2) is 17.5 Å². The Hall–Kier alpha value is -8.38. The molecule has 3 heterocycles. The van der Waals surface area contributed by atoms with Gasteiger partial charge in [-0.25, -0.2) is 15.0 Å².